The first-order valence-corrected chi connectivity index (χ1v) is 6.87. The Bertz CT molecular complexity index is 602. The Morgan fingerprint density at radius 1 is 1.30 bits per heavy atom. The molecule has 108 valence electrons. The summed E-state index contributed by atoms with van der Waals surface area (Å²) in [7, 11) is 1.92. The van der Waals surface area contributed by atoms with E-state index in [9.17, 15) is 0 Å². The first-order valence-electron chi connectivity index (χ1n) is 6.87. The number of nitrogens with zero attached hydrogens (tertiary/aromatic N) is 4. The number of anilines is 2. The van der Waals surface area contributed by atoms with E-state index in [-0.39, 0.29) is 0 Å². The molecule has 6 nitrogen and oxygen atoms in total. The van der Waals surface area contributed by atoms with E-state index in [1.807, 2.05) is 31.8 Å². The molecule has 0 fully saturated rings. The molecule has 0 unspecified atom stereocenters. The maximum absolute atomic E-state index is 5.95. The first kappa shape index (κ1) is 14.3. The number of nitrogens with two attached hydrogens (primary N) is 1. The van der Waals surface area contributed by atoms with Crippen LogP contribution in [0.3, 0.4) is 0 Å². The molecule has 0 aliphatic carbocycles. The standard InChI is InChI=1S/C14H22N6/c1-5-6-12-17-13(15)9(2)14(18-12)16-7-11-8-20(4)19-10(11)3/h8H,5-7H2,1-4H3,(H3,15,16,17,18). The predicted molar refractivity (Wildman–Crippen MR) is 80.4 cm³/mol. The number of aryl methyl sites for hydroxylation is 3. The molecule has 0 saturated heterocycles. The van der Waals surface area contributed by atoms with Gasteiger partial charge in [0.25, 0.3) is 0 Å². The molecule has 2 heterocycles. The molecule has 0 atom stereocenters. The largest absolute Gasteiger partial charge is 0.383 e. The lowest BCUT2D eigenvalue weighted by Crippen LogP contribution is -2.09. The Hall–Kier alpha value is -2.11. The van der Waals surface area contributed by atoms with E-state index in [2.05, 4.69) is 27.3 Å². The molecule has 0 spiro atoms. The van der Waals surface area contributed by atoms with Gasteiger partial charge < -0.3 is 11.1 Å². The average molecular weight is 274 g/mol. The fourth-order valence-corrected chi connectivity index (χ4v) is 2.09. The highest BCUT2D eigenvalue weighted by Gasteiger charge is 2.09. The molecule has 0 aliphatic rings. The summed E-state index contributed by atoms with van der Waals surface area (Å²) in [5, 5.41) is 7.67. The summed E-state index contributed by atoms with van der Waals surface area (Å²) in [6, 6.07) is 0. The van der Waals surface area contributed by atoms with Crippen molar-refractivity contribution < 1.29 is 0 Å². The van der Waals surface area contributed by atoms with Gasteiger partial charge in [-0.15, -0.1) is 0 Å². The summed E-state index contributed by atoms with van der Waals surface area (Å²) in [6.45, 7) is 6.72. The summed E-state index contributed by atoms with van der Waals surface area (Å²) in [5.41, 5.74) is 9.02. The van der Waals surface area contributed by atoms with Crippen molar-refractivity contribution in [2.24, 2.45) is 7.05 Å². The van der Waals surface area contributed by atoms with Gasteiger partial charge in [-0.05, 0) is 20.3 Å². The van der Waals surface area contributed by atoms with Gasteiger partial charge in [-0.1, -0.05) is 6.92 Å². The zero-order valence-electron chi connectivity index (χ0n) is 12.6. The van der Waals surface area contributed by atoms with Crippen LogP contribution < -0.4 is 11.1 Å². The maximum atomic E-state index is 5.95. The van der Waals surface area contributed by atoms with Crippen molar-refractivity contribution in [3.8, 4) is 0 Å². The van der Waals surface area contributed by atoms with Gasteiger partial charge in [-0.2, -0.15) is 5.10 Å². The summed E-state index contributed by atoms with van der Waals surface area (Å²) in [5.74, 6) is 2.15. The second-order valence-corrected chi connectivity index (χ2v) is 5.02. The maximum Gasteiger partial charge on any atom is 0.135 e. The Morgan fingerprint density at radius 3 is 2.65 bits per heavy atom. The van der Waals surface area contributed by atoms with Gasteiger partial charge in [0.05, 0.1) is 5.69 Å². The summed E-state index contributed by atoms with van der Waals surface area (Å²) in [6.07, 6.45) is 3.85. The van der Waals surface area contributed by atoms with Crippen LogP contribution in [0.25, 0.3) is 0 Å². The minimum absolute atomic E-state index is 0.550. The van der Waals surface area contributed by atoms with E-state index in [1.165, 1.54) is 0 Å². The third kappa shape index (κ3) is 3.07. The van der Waals surface area contributed by atoms with E-state index in [4.69, 9.17) is 5.73 Å². The van der Waals surface area contributed by atoms with Crippen LogP contribution in [0.4, 0.5) is 11.6 Å². The van der Waals surface area contributed by atoms with E-state index in [0.717, 1.165) is 41.3 Å². The average Bonchev–Trinajstić information content (AvgIpc) is 2.71. The second kappa shape index (κ2) is 5.90. The van der Waals surface area contributed by atoms with Crippen LogP contribution in [0, 0.1) is 13.8 Å². The van der Waals surface area contributed by atoms with Gasteiger partial charge in [0, 0.05) is 37.3 Å². The topological polar surface area (TPSA) is 81.6 Å². The monoisotopic (exact) mass is 274 g/mol. The number of hydrogen-bond donors (Lipinski definition) is 2. The van der Waals surface area contributed by atoms with Crippen molar-refractivity contribution in [2.45, 2.75) is 40.2 Å². The highest BCUT2D eigenvalue weighted by Crippen LogP contribution is 2.19. The minimum Gasteiger partial charge on any atom is -0.383 e. The molecule has 3 N–H and O–H groups in total. The van der Waals surface area contributed by atoms with Crippen molar-refractivity contribution >= 4 is 11.6 Å². The zero-order chi connectivity index (χ0) is 14.7. The number of nitrogen functional groups attached to an aromatic ring is 1. The molecule has 0 radical (unpaired) electrons. The lowest BCUT2D eigenvalue weighted by molar-refractivity contribution is 0.756. The Balaban J connectivity index is 2.18. The quantitative estimate of drug-likeness (QED) is 0.871. The van der Waals surface area contributed by atoms with Crippen LogP contribution in [0.15, 0.2) is 6.20 Å². The molecule has 20 heavy (non-hydrogen) atoms. The van der Waals surface area contributed by atoms with Gasteiger partial charge in [0.15, 0.2) is 0 Å². The Labute approximate surface area is 119 Å². The van der Waals surface area contributed by atoms with Crippen molar-refractivity contribution in [1.29, 1.82) is 0 Å². The highest BCUT2D eigenvalue weighted by molar-refractivity contribution is 5.55. The van der Waals surface area contributed by atoms with Crippen molar-refractivity contribution in [1.82, 2.24) is 19.7 Å². The van der Waals surface area contributed by atoms with E-state index in [0.29, 0.717) is 12.4 Å². The second-order valence-electron chi connectivity index (χ2n) is 5.02. The normalized spacial score (nSPS) is 10.8. The molecule has 6 heteroatoms. The lowest BCUT2D eigenvalue weighted by atomic mass is 10.2. The molecule has 0 saturated carbocycles. The van der Waals surface area contributed by atoms with E-state index in [1.54, 1.807) is 0 Å². The highest BCUT2D eigenvalue weighted by atomic mass is 15.3. The summed E-state index contributed by atoms with van der Waals surface area (Å²) < 4.78 is 1.82. The van der Waals surface area contributed by atoms with Crippen LogP contribution >= 0.6 is 0 Å². The van der Waals surface area contributed by atoms with Crippen molar-refractivity contribution in [3.05, 3.63) is 28.8 Å². The van der Waals surface area contributed by atoms with Crippen molar-refractivity contribution in [2.75, 3.05) is 11.1 Å². The predicted octanol–water partition coefficient (Wildman–Crippen LogP) is 1.97. The molecule has 0 aliphatic heterocycles. The Kier molecular flexibility index (Phi) is 4.22. The molecule has 2 rings (SSSR count). The minimum atomic E-state index is 0.550. The molecular formula is C14H22N6. The van der Waals surface area contributed by atoms with Crippen LogP contribution in [0.1, 0.15) is 36.0 Å². The lowest BCUT2D eigenvalue weighted by Gasteiger charge is -2.11. The van der Waals surface area contributed by atoms with Crippen molar-refractivity contribution in [3.63, 3.8) is 0 Å². The summed E-state index contributed by atoms with van der Waals surface area (Å²) >= 11 is 0. The molecule has 2 aromatic heterocycles. The molecule has 2 aromatic rings. The van der Waals surface area contributed by atoms with E-state index >= 15 is 0 Å². The number of aromatic nitrogens is 4. The zero-order valence-corrected chi connectivity index (χ0v) is 12.6. The number of hydrogen-bond acceptors (Lipinski definition) is 5. The van der Waals surface area contributed by atoms with Gasteiger partial charge in [0.1, 0.15) is 17.5 Å². The molecule has 0 bridgehead atoms. The molecule has 0 amide bonds. The van der Waals surface area contributed by atoms with Gasteiger partial charge in [-0.25, -0.2) is 9.97 Å². The SMILES string of the molecule is CCCc1nc(N)c(C)c(NCc2cn(C)nc2C)n1. The number of rotatable bonds is 5. The smallest absolute Gasteiger partial charge is 0.135 e. The first-order chi connectivity index (χ1) is 9.51. The van der Waals surface area contributed by atoms with Crippen LogP contribution in [0.2, 0.25) is 0 Å². The molecular weight excluding hydrogens is 252 g/mol. The van der Waals surface area contributed by atoms with Gasteiger partial charge in [0.2, 0.25) is 0 Å². The van der Waals surface area contributed by atoms with Gasteiger partial charge >= 0.3 is 0 Å². The van der Waals surface area contributed by atoms with Crippen LogP contribution in [-0.2, 0) is 20.0 Å². The third-order valence-corrected chi connectivity index (χ3v) is 3.26. The summed E-state index contributed by atoms with van der Waals surface area (Å²) in [4.78, 5) is 8.85. The Morgan fingerprint density at radius 2 is 2.05 bits per heavy atom. The van der Waals surface area contributed by atoms with Crippen LogP contribution in [0.5, 0.6) is 0 Å². The fraction of sp³-hybridized carbons (Fsp3) is 0.500. The van der Waals surface area contributed by atoms with Gasteiger partial charge in [-0.3, -0.25) is 4.68 Å². The fourth-order valence-electron chi connectivity index (χ4n) is 2.09. The molecule has 0 aromatic carbocycles. The number of nitrogens with one attached hydrogen (secondary N) is 1. The van der Waals surface area contributed by atoms with E-state index < -0.39 is 0 Å². The van der Waals surface area contributed by atoms with Crippen LogP contribution in [-0.4, -0.2) is 19.7 Å². The third-order valence-electron chi connectivity index (χ3n) is 3.26.